The average Bonchev–Trinajstić information content (AvgIpc) is 2.33. The molecule has 0 aromatic carbocycles. The fourth-order valence-electron chi connectivity index (χ4n) is 2.48. The SMILES string of the molecule is Cn1ccnc(N2CCCCCCC2C(=O)O)c1=O. The lowest BCUT2D eigenvalue weighted by Gasteiger charge is -2.31. The molecular formula is C13H19N3O3. The van der Waals surface area contributed by atoms with Gasteiger partial charge in [-0.2, -0.15) is 0 Å². The molecule has 104 valence electrons. The summed E-state index contributed by atoms with van der Waals surface area (Å²) in [5.41, 5.74) is -0.241. The normalized spacial score (nSPS) is 20.7. The van der Waals surface area contributed by atoms with Crippen molar-refractivity contribution < 1.29 is 9.90 Å². The number of anilines is 1. The number of hydrogen-bond acceptors (Lipinski definition) is 4. The molecule has 1 N–H and O–H groups in total. The molecule has 2 rings (SSSR count). The molecule has 6 nitrogen and oxygen atoms in total. The van der Waals surface area contributed by atoms with Gasteiger partial charge in [-0.25, -0.2) is 9.78 Å². The van der Waals surface area contributed by atoms with Gasteiger partial charge in [0, 0.05) is 26.0 Å². The average molecular weight is 265 g/mol. The Morgan fingerprint density at radius 2 is 2.11 bits per heavy atom. The second kappa shape index (κ2) is 5.86. The van der Waals surface area contributed by atoms with Crippen LogP contribution in [-0.2, 0) is 11.8 Å². The topological polar surface area (TPSA) is 75.4 Å². The van der Waals surface area contributed by atoms with Crippen molar-refractivity contribution in [3.8, 4) is 0 Å². The van der Waals surface area contributed by atoms with Gasteiger partial charge in [-0.15, -0.1) is 0 Å². The Morgan fingerprint density at radius 3 is 2.84 bits per heavy atom. The zero-order valence-electron chi connectivity index (χ0n) is 11.1. The zero-order valence-corrected chi connectivity index (χ0v) is 11.1. The first-order valence-electron chi connectivity index (χ1n) is 6.62. The Hall–Kier alpha value is -1.85. The van der Waals surface area contributed by atoms with Crippen molar-refractivity contribution in [1.82, 2.24) is 9.55 Å². The van der Waals surface area contributed by atoms with E-state index in [-0.39, 0.29) is 11.4 Å². The summed E-state index contributed by atoms with van der Waals surface area (Å²) in [6, 6.07) is -0.650. The fourth-order valence-corrected chi connectivity index (χ4v) is 2.48. The van der Waals surface area contributed by atoms with E-state index in [1.807, 2.05) is 0 Å². The highest BCUT2D eigenvalue weighted by atomic mass is 16.4. The molecule has 1 aromatic heterocycles. The van der Waals surface area contributed by atoms with Gasteiger partial charge in [0.2, 0.25) is 0 Å². The molecule has 1 aromatic rings. The zero-order chi connectivity index (χ0) is 13.8. The fraction of sp³-hybridized carbons (Fsp3) is 0.615. The Bertz CT molecular complexity index is 512. The molecule has 1 fully saturated rings. The van der Waals surface area contributed by atoms with E-state index in [4.69, 9.17) is 0 Å². The molecule has 1 saturated heterocycles. The predicted molar refractivity (Wildman–Crippen MR) is 71.3 cm³/mol. The van der Waals surface area contributed by atoms with Crippen LogP contribution in [0, 0.1) is 0 Å². The van der Waals surface area contributed by atoms with Crippen LogP contribution >= 0.6 is 0 Å². The summed E-state index contributed by atoms with van der Waals surface area (Å²) in [4.78, 5) is 29.3. The summed E-state index contributed by atoms with van der Waals surface area (Å²) in [5, 5.41) is 9.37. The molecule has 0 saturated carbocycles. The minimum absolute atomic E-state index is 0.241. The lowest BCUT2D eigenvalue weighted by Crippen LogP contribution is -2.46. The maximum Gasteiger partial charge on any atom is 0.326 e. The molecule has 6 heteroatoms. The van der Waals surface area contributed by atoms with Crippen molar-refractivity contribution in [2.24, 2.45) is 7.05 Å². The number of rotatable bonds is 2. The van der Waals surface area contributed by atoms with Gasteiger partial charge in [0.05, 0.1) is 0 Å². The van der Waals surface area contributed by atoms with Gasteiger partial charge in [0.1, 0.15) is 6.04 Å². The number of carboxylic acid groups (broad SMARTS) is 1. The Kier molecular flexibility index (Phi) is 4.19. The van der Waals surface area contributed by atoms with Crippen molar-refractivity contribution in [3.05, 3.63) is 22.7 Å². The largest absolute Gasteiger partial charge is 0.480 e. The van der Waals surface area contributed by atoms with E-state index < -0.39 is 12.0 Å². The molecule has 19 heavy (non-hydrogen) atoms. The monoisotopic (exact) mass is 265 g/mol. The van der Waals surface area contributed by atoms with Gasteiger partial charge in [-0.05, 0) is 12.8 Å². The van der Waals surface area contributed by atoms with Crippen molar-refractivity contribution in [3.63, 3.8) is 0 Å². The van der Waals surface area contributed by atoms with Crippen LogP contribution in [0.4, 0.5) is 5.82 Å². The summed E-state index contributed by atoms with van der Waals surface area (Å²) >= 11 is 0. The first-order valence-corrected chi connectivity index (χ1v) is 6.62. The maximum absolute atomic E-state index is 12.1. The van der Waals surface area contributed by atoms with E-state index in [9.17, 15) is 14.7 Å². The summed E-state index contributed by atoms with van der Waals surface area (Å²) in [6.07, 6.45) is 7.56. The predicted octanol–water partition coefficient (Wildman–Crippen LogP) is 1.00. The van der Waals surface area contributed by atoms with Crippen LogP contribution in [0.1, 0.15) is 32.1 Å². The van der Waals surface area contributed by atoms with Gasteiger partial charge >= 0.3 is 5.97 Å². The third-order valence-corrected chi connectivity index (χ3v) is 3.56. The van der Waals surface area contributed by atoms with Gasteiger partial charge < -0.3 is 14.6 Å². The highest BCUT2D eigenvalue weighted by molar-refractivity contribution is 5.77. The number of hydrogen-bond donors (Lipinski definition) is 1. The van der Waals surface area contributed by atoms with Gasteiger partial charge in [0.25, 0.3) is 5.56 Å². The molecule has 0 aliphatic carbocycles. The van der Waals surface area contributed by atoms with Crippen LogP contribution in [0.25, 0.3) is 0 Å². The Labute approximate surface area is 111 Å². The molecule has 0 radical (unpaired) electrons. The number of carbonyl (C=O) groups is 1. The molecule has 1 aliphatic heterocycles. The summed E-state index contributed by atoms with van der Waals surface area (Å²) in [7, 11) is 1.65. The van der Waals surface area contributed by atoms with Gasteiger partial charge in [-0.1, -0.05) is 19.3 Å². The molecule has 1 aliphatic rings. The van der Waals surface area contributed by atoms with Crippen molar-refractivity contribution in [2.75, 3.05) is 11.4 Å². The van der Waals surface area contributed by atoms with Crippen LogP contribution in [0.2, 0.25) is 0 Å². The molecular weight excluding hydrogens is 246 g/mol. The molecule has 0 amide bonds. The van der Waals surface area contributed by atoms with E-state index in [1.165, 1.54) is 10.8 Å². The minimum atomic E-state index is -0.880. The molecule has 0 bridgehead atoms. The lowest BCUT2D eigenvalue weighted by molar-refractivity contribution is -0.138. The van der Waals surface area contributed by atoms with Gasteiger partial charge in [0.15, 0.2) is 5.82 Å². The standard InChI is InChI=1S/C13H19N3O3/c1-15-9-7-14-11(12(15)17)16-8-5-3-2-4-6-10(16)13(18)19/h7,9-10H,2-6,8H2,1H3,(H,18,19). The second-order valence-corrected chi connectivity index (χ2v) is 4.92. The van der Waals surface area contributed by atoms with Crippen LogP contribution < -0.4 is 10.5 Å². The summed E-state index contributed by atoms with van der Waals surface area (Å²) in [6.45, 7) is 0.573. The van der Waals surface area contributed by atoms with Gasteiger partial charge in [-0.3, -0.25) is 4.79 Å². The molecule has 0 spiro atoms. The third-order valence-electron chi connectivity index (χ3n) is 3.56. The molecule has 1 atom stereocenters. The summed E-state index contributed by atoms with van der Waals surface area (Å²) < 4.78 is 1.43. The van der Waals surface area contributed by atoms with Crippen LogP contribution in [0.15, 0.2) is 17.2 Å². The highest BCUT2D eigenvalue weighted by Gasteiger charge is 2.29. The van der Waals surface area contributed by atoms with Crippen LogP contribution in [0.5, 0.6) is 0 Å². The maximum atomic E-state index is 12.1. The lowest BCUT2D eigenvalue weighted by atomic mass is 10.0. The van der Waals surface area contributed by atoms with Crippen LogP contribution in [-0.4, -0.2) is 33.2 Å². The first-order chi connectivity index (χ1) is 9.11. The Morgan fingerprint density at radius 1 is 1.37 bits per heavy atom. The molecule has 1 unspecified atom stereocenters. The van der Waals surface area contributed by atoms with Crippen molar-refractivity contribution in [1.29, 1.82) is 0 Å². The number of carboxylic acids is 1. The van der Waals surface area contributed by atoms with E-state index >= 15 is 0 Å². The highest BCUT2D eigenvalue weighted by Crippen LogP contribution is 2.20. The Balaban J connectivity index is 2.38. The number of nitrogens with zero attached hydrogens (tertiary/aromatic N) is 3. The number of aryl methyl sites for hydroxylation is 1. The number of aliphatic carboxylic acids is 1. The van der Waals surface area contributed by atoms with Crippen LogP contribution in [0.3, 0.4) is 0 Å². The first kappa shape index (κ1) is 13.6. The smallest absolute Gasteiger partial charge is 0.326 e. The second-order valence-electron chi connectivity index (χ2n) is 4.92. The minimum Gasteiger partial charge on any atom is -0.480 e. The molecule has 2 heterocycles. The third kappa shape index (κ3) is 2.94. The van der Waals surface area contributed by atoms with E-state index in [0.29, 0.717) is 13.0 Å². The van der Waals surface area contributed by atoms with Crippen molar-refractivity contribution >= 4 is 11.8 Å². The van der Waals surface area contributed by atoms with E-state index in [0.717, 1.165) is 25.7 Å². The quantitative estimate of drug-likeness (QED) is 0.863. The van der Waals surface area contributed by atoms with Crippen molar-refractivity contribution in [2.45, 2.75) is 38.1 Å². The number of aromatic nitrogens is 2. The van der Waals surface area contributed by atoms with E-state index in [2.05, 4.69) is 4.98 Å². The van der Waals surface area contributed by atoms with E-state index in [1.54, 1.807) is 18.1 Å². The summed E-state index contributed by atoms with van der Waals surface area (Å²) in [5.74, 6) is -0.631.